The maximum Gasteiger partial charge on any atom is 0.315 e. The topological polar surface area (TPSA) is 50.1 Å². The van der Waals surface area contributed by atoms with Crippen molar-refractivity contribution in [1.82, 2.24) is 0 Å². The smallest absolute Gasteiger partial charge is 0.315 e. The van der Waals surface area contributed by atoms with Crippen LogP contribution in [-0.2, 0) is 9.53 Å². The fraction of sp³-hybridized carbons (Fsp3) is 0.778. The van der Waals surface area contributed by atoms with Crippen molar-refractivity contribution in [1.29, 1.82) is 5.26 Å². The molecule has 13 heavy (non-hydrogen) atoms. The first-order valence-corrected chi connectivity index (χ1v) is 5.39. The molecule has 0 N–H and O–H groups in total. The number of nitriles is 1. The van der Waals surface area contributed by atoms with E-state index in [4.69, 9.17) is 5.26 Å². The van der Waals surface area contributed by atoms with Crippen molar-refractivity contribution >= 4 is 17.7 Å². The van der Waals surface area contributed by atoms with Crippen LogP contribution in [0.5, 0.6) is 0 Å². The summed E-state index contributed by atoms with van der Waals surface area (Å²) in [6.07, 6.45) is 2.89. The van der Waals surface area contributed by atoms with Crippen molar-refractivity contribution < 1.29 is 9.53 Å². The molecule has 1 rings (SSSR count). The minimum atomic E-state index is -0.183. The number of nitrogens with zero attached hydrogens (tertiary/aromatic N) is 1. The average molecular weight is 199 g/mol. The molecule has 0 aromatic heterocycles. The van der Waals surface area contributed by atoms with E-state index in [1.165, 1.54) is 7.11 Å². The number of hydrogen-bond donors (Lipinski definition) is 0. The van der Waals surface area contributed by atoms with Gasteiger partial charge in [0.05, 0.1) is 18.9 Å². The predicted octanol–water partition coefficient (Wildman–Crippen LogP) is 1.59. The lowest BCUT2D eigenvalue weighted by Crippen LogP contribution is -2.08. The van der Waals surface area contributed by atoms with E-state index in [9.17, 15) is 4.79 Å². The second-order valence-electron chi connectivity index (χ2n) is 3.40. The van der Waals surface area contributed by atoms with Gasteiger partial charge in [-0.3, -0.25) is 4.79 Å². The summed E-state index contributed by atoms with van der Waals surface area (Å²) in [5.74, 6) is 1.14. The lowest BCUT2D eigenvalue weighted by molar-refractivity contribution is -0.137. The molecule has 3 nitrogen and oxygen atoms in total. The summed E-state index contributed by atoms with van der Waals surface area (Å²) in [7, 11) is 1.39. The Labute approximate surface area is 82.4 Å². The number of methoxy groups -OCH3 is 1. The third kappa shape index (κ3) is 3.27. The normalized spacial score (nSPS) is 17.5. The molecule has 0 aromatic rings. The van der Waals surface area contributed by atoms with Crippen LogP contribution in [0.1, 0.15) is 19.3 Å². The standard InChI is InChI=1S/C9H13NO2S/c1-12-8(11)6-13-7-9(2-3-9)4-5-10/h2-4,6-7H2,1H3. The molecule has 0 saturated heterocycles. The molecule has 72 valence electrons. The van der Waals surface area contributed by atoms with Gasteiger partial charge in [-0.1, -0.05) is 0 Å². The third-order valence-corrected chi connectivity index (χ3v) is 3.52. The zero-order valence-corrected chi connectivity index (χ0v) is 8.52. The Morgan fingerprint density at radius 2 is 2.38 bits per heavy atom. The fourth-order valence-electron chi connectivity index (χ4n) is 1.13. The molecule has 0 atom stereocenters. The van der Waals surface area contributed by atoms with E-state index in [-0.39, 0.29) is 11.4 Å². The van der Waals surface area contributed by atoms with Crippen LogP contribution in [-0.4, -0.2) is 24.6 Å². The van der Waals surface area contributed by atoms with Gasteiger partial charge in [0.2, 0.25) is 0 Å². The second-order valence-corrected chi connectivity index (χ2v) is 4.39. The lowest BCUT2D eigenvalue weighted by atomic mass is 10.1. The minimum Gasteiger partial charge on any atom is -0.468 e. The first-order valence-electron chi connectivity index (χ1n) is 4.24. The number of carbonyl (C=O) groups is 1. The van der Waals surface area contributed by atoms with Gasteiger partial charge in [-0.15, -0.1) is 11.8 Å². The molecular formula is C9H13NO2S. The van der Waals surface area contributed by atoms with Crippen LogP contribution >= 0.6 is 11.8 Å². The number of thioether (sulfide) groups is 1. The Bertz CT molecular complexity index is 230. The molecule has 0 amide bonds. The van der Waals surface area contributed by atoms with Gasteiger partial charge in [-0.25, -0.2) is 0 Å². The summed E-state index contributed by atoms with van der Waals surface area (Å²) in [6, 6.07) is 2.19. The van der Waals surface area contributed by atoms with Crippen LogP contribution in [0.2, 0.25) is 0 Å². The summed E-state index contributed by atoms with van der Waals surface area (Å²) < 4.78 is 4.52. The lowest BCUT2D eigenvalue weighted by Gasteiger charge is -2.08. The summed E-state index contributed by atoms with van der Waals surface area (Å²) in [5, 5.41) is 8.55. The van der Waals surface area contributed by atoms with Gasteiger partial charge >= 0.3 is 5.97 Å². The van der Waals surface area contributed by atoms with Crippen LogP contribution in [0.3, 0.4) is 0 Å². The van der Waals surface area contributed by atoms with Gasteiger partial charge in [-0.2, -0.15) is 5.26 Å². The quantitative estimate of drug-likeness (QED) is 0.631. The van der Waals surface area contributed by atoms with Crippen LogP contribution in [0, 0.1) is 16.7 Å². The monoisotopic (exact) mass is 199 g/mol. The van der Waals surface area contributed by atoms with E-state index >= 15 is 0 Å². The van der Waals surface area contributed by atoms with Crippen molar-refractivity contribution in [3.8, 4) is 6.07 Å². The summed E-state index contributed by atoms with van der Waals surface area (Å²) in [6.45, 7) is 0. The number of rotatable bonds is 5. The van der Waals surface area contributed by atoms with Gasteiger partial charge in [0.25, 0.3) is 0 Å². The van der Waals surface area contributed by atoms with Crippen molar-refractivity contribution in [3.05, 3.63) is 0 Å². The molecule has 4 heteroatoms. The highest BCUT2D eigenvalue weighted by atomic mass is 32.2. The summed E-state index contributed by atoms with van der Waals surface area (Å²) >= 11 is 1.57. The first kappa shape index (κ1) is 10.4. The summed E-state index contributed by atoms with van der Waals surface area (Å²) in [4.78, 5) is 10.8. The van der Waals surface area contributed by atoms with Crippen LogP contribution in [0.4, 0.5) is 0 Å². The zero-order chi connectivity index (χ0) is 9.73. The Morgan fingerprint density at radius 1 is 1.69 bits per heavy atom. The van der Waals surface area contributed by atoms with Gasteiger partial charge in [0.1, 0.15) is 0 Å². The van der Waals surface area contributed by atoms with E-state index < -0.39 is 0 Å². The molecule has 0 aromatic carbocycles. The van der Waals surface area contributed by atoms with Crippen LogP contribution < -0.4 is 0 Å². The summed E-state index contributed by atoms with van der Waals surface area (Å²) in [5.41, 5.74) is 0.230. The van der Waals surface area contributed by atoms with Gasteiger partial charge in [0, 0.05) is 12.2 Å². The second kappa shape index (κ2) is 4.52. The molecule has 0 unspecified atom stereocenters. The molecule has 0 spiro atoms. The number of ether oxygens (including phenoxy) is 1. The molecule has 1 fully saturated rings. The first-order chi connectivity index (χ1) is 6.22. The molecule has 1 saturated carbocycles. The van der Waals surface area contributed by atoms with E-state index in [0.29, 0.717) is 12.2 Å². The predicted molar refractivity (Wildman–Crippen MR) is 51.2 cm³/mol. The van der Waals surface area contributed by atoms with Crippen molar-refractivity contribution in [2.45, 2.75) is 19.3 Å². The largest absolute Gasteiger partial charge is 0.468 e. The van der Waals surface area contributed by atoms with Crippen molar-refractivity contribution in [3.63, 3.8) is 0 Å². The average Bonchev–Trinajstić information content (AvgIpc) is 2.86. The van der Waals surface area contributed by atoms with Gasteiger partial charge < -0.3 is 4.74 Å². The molecule has 1 aliphatic rings. The Hall–Kier alpha value is -0.690. The van der Waals surface area contributed by atoms with Crippen LogP contribution in [0.25, 0.3) is 0 Å². The van der Waals surface area contributed by atoms with E-state index in [0.717, 1.165) is 18.6 Å². The highest BCUT2D eigenvalue weighted by Gasteiger charge is 2.42. The Balaban J connectivity index is 2.13. The maximum atomic E-state index is 10.8. The molecule has 0 radical (unpaired) electrons. The highest BCUT2D eigenvalue weighted by molar-refractivity contribution is 7.99. The Morgan fingerprint density at radius 3 is 2.85 bits per heavy atom. The molecule has 0 heterocycles. The Kier molecular flexibility index (Phi) is 3.61. The zero-order valence-electron chi connectivity index (χ0n) is 7.71. The van der Waals surface area contributed by atoms with Crippen LogP contribution in [0.15, 0.2) is 0 Å². The third-order valence-electron chi connectivity index (χ3n) is 2.27. The molecule has 0 bridgehead atoms. The highest BCUT2D eigenvalue weighted by Crippen LogP contribution is 2.50. The van der Waals surface area contributed by atoms with E-state index in [1.54, 1.807) is 11.8 Å². The number of esters is 1. The number of hydrogen-bond acceptors (Lipinski definition) is 4. The SMILES string of the molecule is COC(=O)CSCC1(CC#N)CC1. The molecule has 0 aliphatic heterocycles. The van der Waals surface area contributed by atoms with E-state index in [2.05, 4.69) is 10.8 Å². The van der Waals surface area contributed by atoms with Gasteiger partial charge in [-0.05, 0) is 18.3 Å². The maximum absolute atomic E-state index is 10.8. The molecular weight excluding hydrogens is 186 g/mol. The van der Waals surface area contributed by atoms with Gasteiger partial charge in [0.15, 0.2) is 0 Å². The molecule has 1 aliphatic carbocycles. The fourth-order valence-corrected chi connectivity index (χ4v) is 2.34. The van der Waals surface area contributed by atoms with E-state index in [1.807, 2.05) is 0 Å². The minimum absolute atomic E-state index is 0.183. The van der Waals surface area contributed by atoms with Crippen molar-refractivity contribution in [2.24, 2.45) is 5.41 Å². The van der Waals surface area contributed by atoms with Crippen molar-refractivity contribution in [2.75, 3.05) is 18.6 Å². The number of carbonyl (C=O) groups excluding carboxylic acids is 1.